The summed E-state index contributed by atoms with van der Waals surface area (Å²) in [7, 11) is 1.65. The van der Waals surface area contributed by atoms with E-state index in [9.17, 15) is 0 Å². The third kappa shape index (κ3) is 3.51. The number of H-pyrrole nitrogens is 1. The number of halogens is 1. The molecule has 4 aromatic rings. The Morgan fingerprint density at radius 2 is 2.00 bits per heavy atom. The van der Waals surface area contributed by atoms with Crippen LogP contribution in [0.1, 0.15) is 13.3 Å². The zero-order valence-electron chi connectivity index (χ0n) is 15.7. The molecule has 2 heterocycles. The summed E-state index contributed by atoms with van der Waals surface area (Å²) < 4.78 is 5.38. The summed E-state index contributed by atoms with van der Waals surface area (Å²) in [6, 6.07) is 11.7. The lowest BCUT2D eigenvalue weighted by Crippen LogP contribution is -2.18. The predicted octanol–water partition coefficient (Wildman–Crippen LogP) is 5.23. The number of aromatic nitrogens is 4. The molecule has 4 rings (SSSR count). The topological polar surface area (TPSA) is 66.9 Å². The molecule has 0 radical (unpaired) electrons. The SMILES string of the molecule is CCCN(c1ccc2ncc(-c3cn[nH]c3)nc2c1)c1cc(OC)ccc1Cl. The van der Waals surface area contributed by atoms with E-state index in [1.807, 2.05) is 36.4 Å². The van der Waals surface area contributed by atoms with Crippen molar-refractivity contribution < 1.29 is 4.74 Å². The summed E-state index contributed by atoms with van der Waals surface area (Å²) in [5, 5.41) is 7.47. The Balaban J connectivity index is 1.80. The first-order valence-electron chi connectivity index (χ1n) is 9.06. The van der Waals surface area contributed by atoms with Gasteiger partial charge in [0.05, 0.1) is 46.9 Å². The fourth-order valence-electron chi connectivity index (χ4n) is 3.14. The lowest BCUT2D eigenvalue weighted by molar-refractivity contribution is 0.415. The minimum Gasteiger partial charge on any atom is -0.497 e. The number of ether oxygens (including phenoxy) is 1. The molecular formula is C21H20ClN5O. The van der Waals surface area contributed by atoms with E-state index in [1.54, 1.807) is 25.7 Å². The summed E-state index contributed by atoms with van der Waals surface area (Å²) in [6.07, 6.45) is 6.26. The fourth-order valence-corrected chi connectivity index (χ4v) is 3.36. The number of rotatable bonds is 6. The van der Waals surface area contributed by atoms with Gasteiger partial charge in [0.2, 0.25) is 0 Å². The highest BCUT2D eigenvalue weighted by Gasteiger charge is 2.15. The zero-order chi connectivity index (χ0) is 19.5. The average molecular weight is 394 g/mol. The van der Waals surface area contributed by atoms with Gasteiger partial charge in [-0.25, -0.2) is 4.98 Å². The number of benzene rings is 2. The maximum Gasteiger partial charge on any atom is 0.121 e. The normalized spacial score (nSPS) is 11.0. The van der Waals surface area contributed by atoms with Crippen molar-refractivity contribution >= 4 is 34.0 Å². The first-order valence-corrected chi connectivity index (χ1v) is 9.44. The van der Waals surface area contributed by atoms with E-state index in [-0.39, 0.29) is 0 Å². The van der Waals surface area contributed by atoms with Gasteiger partial charge in [0.1, 0.15) is 5.75 Å². The molecule has 0 aliphatic carbocycles. The Kier molecular flexibility index (Phi) is 5.12. The number of nitrogens with zero attached hydrogens (tertiary/aromatic N) is 4. The van der Waals surface area contributed by atoms with Gasteiger partial charge in [0, 0.05) is 30.1 Å². The molecule has 0 amide bonds. The molecule has 0 spiro atoms. The van der Waals surface area contributed by atoms with E-state index in [1.165, 1.54) is 0 Å². The molecule has 6 nitrogen and oxygen atoms in total. The van der Waals surface area contributed by atoms with Gasteiger partial charge in [-0.3, -0.25) is 10.1 Å². The molecule has 2 aromatic carbocycles. The number of anilines is 2. The van der Waals surface area contributed by atoms with Crippen molar-refractivity contribution in [2.75, 3.05) is 18.6 Å². The van der Waals surface area contributed by atoms with Gasteiger partial charge in [-0.2, -0.15) is 5.10 Å². The van der Waals surface area contributed by atoms with Gasteiger partial charge >= 0.3 is 0 Å². The monoisotopic (exact) mass is 393 g/mol. The maximum atomic E-state index is 6.51. The fraction of sp³-hybridized carbons (Fsp3) is 0.190. The van der Waals surface area contributed by atoms with Crippen molar-refractivity contribution in [1.29, 1.82) is 0 Å². The van der Waals surface area contributed by atoms with Crippen LogP contribution in [-0.2, 0) is 0 Å². The standard InChI is InChI=1S/C21H20ClN5O/c1-3-8-27(21-10-16(28-2)5-6-17(21)22)15-4-7-18-19(9-15)26-20(13-23-18)14-11-24-25-12-14/h4-7,9-13H,3,8H2,1-2H3,(H,24,25). The Morgan fingerprint density at radius 3 is 2.75 bits per heavy atom. The van der Waals surface area contributed by atoms with Gasteiger partial charge in [-0.15, -0.1) is 0 Å². The quantitative estimate of drug-likeness (QED) is 0.485. The highest BCUT2D eigenvalue weighted by molar-refractivity contribution is 6.33. The van der Waals surface area contributed by atoms with Crippen molar-refractivity contribution in [3.8, 4) is 17.0 Å². The largest absolute Gasteiger partial charge is 0.497 e. The number of fused-ring (bicyclic) bond motifs is 1. The van der Waals surface area contributed by atoms with Crippen LogP contribution in [0.15, 0.2) is 55.0 Å². The van der Waals surface area contributed by atoms with E-state index < -0.39 is 0 Å². The third-order valence-corrected chi connectivity index (χ3v) is 4.84. The molecular weight excluding hydrogens is 374 g/mol. The average Bonchev–Trinajstić information content (AvgIpc) is 3.27. The first kappa shape index (κ1) is 18.3. The van der Waals surface area contributed by atoms with Gasteiger partial charge < -0.3 is 9.64 Å². The van der Waals surface area contributed by atoms with Crippen molar-refractivity contribution in [2.45, 2.75) is 13.3 Å². The molecule has 0 aliphatic heterocycles. The van der Waals surface area contributed by atoms with Gasteiger partial charge in [0.25, 0.3) is 0 Å². The van der Waals surface area contributed by atoms with Crippen LogP contribution in [0.25, 0.3) is 22.3 Å². The van der Waals surface area contributed by atoms with Crippen LogP contribution in [0.5, 0.6) is 5.75 Å². The van der Waals surface area contributed by atoms with Crippen LogP contribution >= 0.6 is 11.6 Å². The first-order chi connectivity index (χ1) is 13.7. The van der Waals surface area contributed by atoms with Crippen molar-refractivity contribution in [1.82, 2.24) is 20.2 Å². The predicted molar refractivity (Wildman–Crippen MR) is 112 cm³/mol. The van der Waals surface area contributed by atoms with Gasteiger partial charge in [0.15, 0.2) is 0 Å². The second-order valence-electron chi connectivity index (χ2n) is 6.38. The Bertz CT molecular complexity index is 1100. The molecule has 2 aromatic heterocycles. The van der Waals surface area contributed by atoms with E-state index in [4.69, 9.17) is 21.3 Å². The lowest BCUT2D eigenvalue weighted by atomic mass is 10.2. The summed E-state index contributed by atoms with van der Waals surface area (Å²) in [4.78, 5) is 11.5. The minimum atomic E-state index is 0.674. The van der Waals surface area contributed by atoms with E-state index in [0.717, 1.165) is 52.4 Å². The molecule has 0 fully saturated rings. The molecule has 142 valence electrons. The van der Waals surface area contributed by atoms with Crippen molar-refractivity contribution in [3.63, 3.8) is 0 Å². The Hall–Kier alpha value is -3.12. The molecule has 0 bridgehead atoms. The summed E-state index contributed by atoms with van der Waals surface area (Å²) in [5.41, 5.74) is 5.24. The maximum absolute atomic E-state index is 6.51. The van der Waals surface area contributed by atoms with Crippen molar-refractivity contribution in [2.24, 2.45) is 0 Å². The summed E-state index contributed by atoms with van der Waals surface area (Å²) >= 11 is 6.51. The number of aromatic amines is 1. The number of hydrogen-bond donors (Lipinski definition) is 1. The molecule has 28 heavy (non-hydrogen) atoms. The molecule has 0 atom stereocenters. The van der Waals surface area contributed by atoms with Crippen LogP contribution < -0.4 is 9.64 Å². The van der Waals surface area contributed by atoms with Crippen LogP contribution in [0, 0.1) is 0 Å². The minimum absolute atomic E-state index is 0.674. The van der Waals surface area contributed by atoms with E-state index in [2.05, 4.69) is 27.0 Å². The van der Waals surface area contributed by atoms with Crippen LogP contribution in [-0.4, -0.2) is 33.8 Å². The Morgan fingerprint density at radius 1 is 1.11 bits per heavy atom. The molecule has 1 N–H and O–H groups in total. The second kappa shape index (κ2) is 7.86. The third-order valence-electron chi connectivity index (χ3n) is 4.52. The molecule has 7 heteroatoms. The second-order valence-corrected chi connectivity index (χ2v) is 6.79. The highest BCUT2D eigenvalue weighted by Crippen LogP contribution is 2.36. The van der Waals surface area contributed by atoms with Crippen molar-refractivity contribution in [3.05, 3.63) is 60.0 Å². The Labute approximate surface area is 168 Å². The molecule has 0 saturated heterocycles. The summed E-state index contributed by atoms with van der Waals surface area (Å²) in [5.74, 6) is 0.767. The van der Waals surface area contributed by atoms with Crippen LogP contribution in [0.2, 0.25) is 5.02 Å². The van der Waals surface area contributed by atoms with E-state index in [0.29, 0.717) is 5.02 Å². The zero-order valence-corrected chi connectivity index (χ0v) is 16.4. The molecule has 0 unspecified atom stereocenters. The van der Waals surface area contributed by atoms with Gasteiger partial charge in [-0.1, -0.05) is 18.5 Å². The molecule has 0 aliphatic rings. The summed E-state index contributed by atoms with van der Waals surface area (Å²) in [6.45, 7) is 2.95. The highest BCUT2D eigenvalue weighted by atomic mass is 35.5. The number of nitrogens with one attached hydrogen (secondary N) is 1. The van der Waals surface area contributed by atoms with Gasteiger partial charge in [-0.05, 0) is 36.8 Å². The van der Waals surface area contributed by atoms with E-state index >= 15 is 0 Å². The van der Waals surface area contributed by atoms with Crippen LogP contribution in [0.3, 0.4) is 0 Å². The molecule has 0 saturated carbocycles. The number of hydrogen-bond acceptors (Lipinski definition) is 5. The van der Waals surface area contributed by atoms with Crippen LogP contribution in [0.4, 0.5) is 11.4 Å². The number of methoxy groups -OCH3 is 1. The lowest BCUT2D eigenvalue weighted by Gasteiger charge is -2.26. The smallest absolute Gasteiger partial charge is 0.121 e.